The van der Waals surface area contributed by atoms with Gasteiger partial charge in [-0.15, -0.1) is 0 Å². The normalized spacial score (nSPS) is 21.6. The summed E-state index contributed by atoms with van der Waals surface area (Å²) in [5.74, 6) is -1.13. The molecule has 3 amide bonds. The first-order valence-corrected chi connectivity index (χ1v) is 8.52. The number of nitrogens with one attached hydrogen (secondary N) is 1. The van der Waals surface area contributed by atoms with Crippen LogP contribution in [-0.2, 0) is 14.4 Å². The average molecular weight is 357 g/mol. The predicted octanol–water partition coefficient (Wildman–Crippen LogP) is 2.26. The summed E-state index contributed by atoms with van der Waals surface area (Å²) in [6.45, 7) is 0.215. The van der Waals surface area contributed by atoms with E-state index in [-0.39, 0.29) is 48.2 Å². The number of allylic oxidation sites excluding steroid dienone is 2. The van der Waals surface area contributed by atoms with Crippen molar-refractivity contribution in [3.8, 4) is 0 Å². The maximum absolute atomic E-state index is 12.3. The predicted molar refractivity (Wildman–Crippen MR) is 93.0 cm³/mol. The third kappa shape index (κ3) is 3.63. The van der Waals surface area contributed by atoms with Gasteiger partial charge in [0, 0.05) is 30.8 Å². The van der Waals surface area contributed by atoms with Crippen LogP contribution in [0.1, 0.15) is 25.7 Å². The zero-order valence-corrected chi connectivity index (χ0v) is 14.1. The first kappa shape index (κ1) is 17.8. The standard InChI is InChI=1S/C18H19N3O5/c22-16(19-12-5-3-6-13(11-12)21(25)26)9-4-10-20-17(23)14-7-1-2-8-15(14)18(20)24/h1-3,5-6,11,14-15H,4,7-10H2,(H,19,22)/t14-,15-/m1/s1. The van der Waals surface area contributed by atoms with Crippen molar-refractivity contribution in [2.75, 3.05) is 11.9 Å². The number of rotatable bonds is 6. The van der Waals surface area contributed by atoms with Crippen LogP contribution in [0.25, 0.3) is 0 Å². The fraction of sp³-hybridized carbons (Fsp3) is 0.389. The SMILES string of the molecule is O=C(CCCN1C(=O)[C@@H]2CC=CC[C@H]2C1=O)Nc1cccc([N+](=O)[O-])c1. The number of nitro groups is 1. The maximum Gasteiger partial charge on any atom is 0.271 e. The Kier molecular flexibility index (Phi) is 5.11. The Morgan fingerprint density at radius 1 is 1.19 bits per heavy atom. The summed E-state index contributed by atoms with van der Waals surface area (Å²) in [5, 5.41) is 13.3. The van der Waals surface area contributed by atoms with Crippen LogP contribution < -0.4 is 5.32 Å². The fourth-order valence-electron chi connectivity index (χ4n) is 3.41. The summed E-state index contributed by atoms with van der Waals surface area (Å²) in [6.07, 6.45) is 5.53. The molecule has 0 bridgehead atoms. The second-order valence-corrected chi connectivity index (χ2v) is 6.44. The molecule has 8 nitrogen and oxygen atoms in total. The third-order valence-electron chi connectivity index (χ3n) is 4.73. The summed E-state index contributed by atoms with van der Waals surface area (Å²) in [7, 11) is 0. The number of imide groups is 1. The van der Waals surface area contributed by atoms with E-state index in [1.165, 1.54) is 23.1 Å². The molecular weight excluding hydrogens is 338 g/mol. The first-order chi connectivity index (χ1) is 12.5. The Bertz CT molecular complexity index is 763. The monoisotopic (exact) mass is 357 g/mol. The second kappa shape index (κ2) is 7.47. The number of nitrogens with zero attached hydrogens (tertiary/aromatic N) is 2. The van der Waals surface area contributed by atoms with E-state index < -0.39 is 4.92 Å². The Hall–Kier alpha value is -3.03. The van der Waals surface area contributed by atoms with Gasteiger partial charge in [-0.25, -0.2) is 0 Å². The van der Waals surface area contributed by atoms with Crippen LogP contribution in [0, 0.1) is 22.0 Å². The number of hydrogen-bond donors (Lipinski definition) is 1. The van der Waals surface area contributed by atoms with Gasteiger partial charge < -0.3 is 5.32 Å². The molecule has 1 heterocycles. The van der Waals surface area contributed by atoms with E-state index in [1.54, 1.807) is 6.07 Å². The lowest BCUT2D eigenvalue weighted by Gasteiger charge is -2.14. The zero-order valence-electron chi connectivity index (χ0n) is 14.1. The molecule has 0 spiro atoms. The average Bonchev–Trinajstić information content (AvgIpc) is 2.87. The van der Waals surface area contributed by atoms with Crippen LogP contribution in [0.15, 0.2) is 36.4 Å². The number of likely N-dealkylation sites (tertiary alicyclic amines) is 1. The molecule has 1 aliphatic carbocycles. The summed E-state index contributed by atoms with van der Waals surface area (Å²) in [6, 6.07) is 5.68. The number of benzene rings is 1. The lowest BCUT2D eigenvalue weighted by molar-refractivity contribution is -0.384. The van der Waals surface area contributed by atoms with E-state index in [4.69, 9.17) is 0 Å². The van der Waals surface area contributed by atoms with Gasteiger partial charge >= 0.3 is 0 Å². The van der Waals surface area contributed by atoms with Gasteiger partial charge in [0.05, 0.1) is 16.8 Å². The zero-order chi connectivity index (χ0) is 18.7. The molecular formula is C18H19N3O5. The molecule has 1 fully saturated rings. The molecule has 0 aromatic heterocycles. The topological polar surface area (TPSA) is 110 Å². The van der Waals surface area contributed by atoms with Crippen molar-refractivity contribution >= 4 is 29.1 Å². The first-order valence-electron chi connectivity index (χ1n) is 8.52. The highest BCUT2D eigenvalue weighted by molar-refractivity contribution is 6.05. The number of non-ortho nitro benzene ring substituents is 1. The molecule has 2 aliphatic rings. The highest BCUT2D eigenvalue weighted by atomic mass is 16.6. The van der Waals surface area contributed by atoms with E-state index in [1.807, 2.05) is 12.2 Å². The van der Waals surface area contributed by atoms with Crippen molar-refractivity contribution in [2.24, 2.45) is 11.8 Å². The Balaban J connectivity index is 1.50. The summed E-state index contributed by atoms with van der Waals surface area (Å²) >= 11 is 0. The molecule has 2 atom stereocenters. The summed E-state index contributed by atoms with van der Waals surface area (Å²) < 4.78 is 0. The van der Waals surface area contributed by atoms with Gasteiger partial charge in [-0.05, 0) is 25.3 Å². The molecule has 1 aliphatic heterocycles. The van der Waals surface area contributed by atoms with Crippen molar-refractivity contribution in [2.45, 2.75) is 25.7 Å². The number of anilines is 1. The van der Waals surface area contributed by atoms with E-state index in [0.717, 1.165) is 0 Å². The molecule has 1 aromatic rings. The van der Waals surface area contributed by atoms with Gasteiger partial charge in [0.15, 0.2) is 0 Å². The van der Waals surface area contributed by atoms with Crippen LogP contribution in [0.3, 0.4) is 0 Å². The van der Waals surface area contributed by atoms with Crippen molar-refractivity contribution in [3.05, 3.63) is 46.5 Å². The minimum Gasteiger partial charge on any atom is -0.326 e. The highest BCUT2D eigenvalue weighted by Gasteiger charge is 2.46. The van der Waals surface area contributed by atoms with Crippen molar-refractivity contribution in [3.63, 3.8) is 0 Å². The highest BCUT2D eigenvalue weighted by Crippen LogP contribution is 2.35. The molecule has 0 unspecified atom stereocenters. The third-order valence-corrected chi connectivity index (χ3v) is 4.73. The van der Waals surface area contributed by atoms with Gasteiger partial charge in [0.25, 0.3) is 5.69 Å². The fourth-order valence-corrected chi connectivity index (χ4v) is 3.41. The molecule has 0 saturated carbocycles. The minimum atomic E-state index is -0.533. The van der Waals surface area contributed by atoms with Crippen LogP contribution in [-0.4, -0.2) is 34.1 Å². The lowest BCUT2D eigenvalue weighted by Crippen LogP contribution is -2.32. The van der Waals surface area contributed by atoms with Crippen LogP contribution >= 0.6 is 0 Å². The van der Waals surface area contributed by atoms with E-state index in [9.17, 15) is 24.5 Å². The van der Waals surface area contributed by atoms with Gasteiger partial charge in [0.1, 0.15) is 0 Å². The smallest absolute Gasteiger partial charge is 0.271 e. The molecule has 1 N–H and O–H groups in total. The van der Waals surface area contributed by atoms with Crippen molar-refractivity contribution in [1.29, 1.82) is 0 Å². The van der Waals surface area contributed by atoms with E-state index in [2.05, 4.69) is 5.32 Å². The van der Waals surface area contributed by atoms with Crippen LogP contribution in [0.2, 0.25) is 0 Å². The molecule has 8 heteroatoms. The number of carbonyl (C=O) groups is 3. The Morgan fingerprint density at radius 3 is 2.46 bits per heavy atom. The molecule has 26 heavy (non-hydrogen) atoms. The minimum absolute atomic E-state index is 0.104. The van der Waals surface area contributed by atoms with Gasteiger partial charge in [-0.3, -0.25) is 29.4 Å². The number of hydrogen-bond acceptors (Lipinski definition) is 5. The van der Waals surface area contributed by atoms with Crippen molar-refractivity contribution < 1.29 is 19.3 Å². The summed E-state index contributed by atoms with van der Waals surface area (Å²) in [4.78, 5) is 48.1. The number of fused-ring (bicyclic) bond motifs is 1. The Morgan fingerprint density at radius 2 is 1.85 bits per heavy atom. The van der Waals surface area contributed by atoms with Crippen LogP contribution in [0.4, 0.5) is 11.4 Å². The number of nitro benzene ring substituents is 1. The molecule has 3 rings (SSSR count). The van der Waals surface area contributed by atoms with Crippen LogP contribution in [0.5, 0.6) is 0 Å². The molecule has 0 radical (unpaired) electrons. The van der Waals surface area contributed by atoms with E-state index >= 15 is 0 Å². The lowest BCUT2D eigenvalue weighted by atomic mass is 9.85. The van der Waals surface area contributed by atoms with Gasteiger partial charge in [-0.1, -0.05) is 18.2 Å². The Labute approximate surface area is 150 Å². The maximum atomic E-state index is 12.3. The number of amides is 3. The van der Waals surface area contributed by atoms with E-state index in [0.29, 0.717) is 24.9 Å². The second-order valence-electron chi connectivity index (χ2n) is 6.44. The van der Waals surface area contributed by atoms with Crippen molar-refractivity contribution in [1.82, 2.24) is 4.90 Å². The largest absolute Gasteiger partial charge is 0.326 e. The molecule has 1 aromatic carbocycles. The summed E-state index contributed by atoms with van der Waals surface area (Å²) in [5.41, 5.74) is 0.238. The van der Waals surface area contributed by atoms with Gasteiger partial charge in [-0.2, -0.15) is 0 Å². The molecule has 1 saturated heterocycles. The quantitative estimate of drug-likeness (QED) is 0.363. The number of carbonyl (C=O) groups excluding carboxylic acids is 3. The van der Waals surface area contributed by atoms with Gasteiger partial charge in [0.2, 0.25) is 17.7 Å². The molecule has 136 valence electrons.